The zero-order valence-corrected chi connectivity index (χ0v) is 17.1. The molecule has 2 atom stereocenters. The molecule has 2 unspecified atom stereocenters. The van der Waals surface area contributed by atoms with Crippen LogP contribution in [0.4, 0.5) is 5.69 Å². The fraction of sp³-hybridized carbons (Fsp3) is 0.409. The van der Waals surface area contributed by atoms with Crippen molar-refractivity contribution in [2.75, 3.05) is 5.32 Å². The highest BCUT2D eigenvalue weighted by Gasteiger charge is 2.22. The SMILES string of the molecule is Cc1ccc(C)c(NC(=O)C(C)Sc2nc3c(cc2C#N)CC(C)CC3)c1. The van der Waals surface area contributed by atoms with E-state index in [1.54, 1.807) is 0 Å². The van der Waals surface area contributed by atoms with Crippen molar-refractivity contribution in [3.8, 4) is 6.07 Å². The molecule has 0 saturated carbocycles. The quantitative estimate of drug-likeness (QED) is 0.774. The number of carbonyl (C=O) groups is 1. The Morgan fingerprint density at radius 2 is 2.15 bits per heavy atom. The number of fused-ring (bicyclic) bond motifs is 1. The number of nitrogens with zero attached hydrogens (tertiary/aromatic N) is 2. The second-order valence-electron chi connectivity index (χ2n) is 7.47. The van der Waals surface area contributed by atoms with Gasteiger partial charge in [0.15, 0.2) is 0 Å². The lowest BCUT2D eigenvalue weighted by atomic mass is 9.87. The molecule has 1 aliphatic rings. The summed E-state index contributed by atoms with van der Waals surface area (Å²) in [5, 5.41) is 12.9. The zero-order valence-electron chi connectivity index (χ0n) is 16.3. The van der Waals surface area contributed by atoms with E-state index in [0.29, 0.717) is 16.5 Å². The molecule has 1 aromatic carbocycles. The van der Waals surface area contributed by atoms with Crippen molar-refractivity contribution in [3.05, 3.63) is 52.2 Å². The van der Waals surface area contributed by atoms with E-state index in [2.05, 4.69) is 18.3 Å². The highest BCUT2D eigenvalue weighted by atomic mass is 32.2. The summed E-state index contributed by atoms with van der Waals surface area (Å²) in [6, 6.07) is 10.2. The van der Waals surface area contributed by atoms with Crippen LogP contribution in [-0.4, -0.2) is 16.1 Å². The second kappa shape index (κ2) is 8.14. The minimum Gasteiger partial charge on any atom is -0.325 e. The van der Waals surface area contributed by atoms with Gasteiger partial charge >= 0.3 is 0 Å². The van der Waals surface area contributed by atoms with Crippen molar-refractivity contribution < 1.29 is 4.79 Å². The van der Waals surface area contributed by atoms with E-state index in [0.717, 1.165) is 41.8 Å². The Kier molecular flexibility index (Phi) is 5.86. The highest BCUT2D eigenvalue weighted by molar-refractivity contribution is 8.00. The highest BCUT2D eigenvalue weighted by Crippen LogP contribution is 2.31. The number of nitriles is 1. The van der Waals surface area contributed by atoms with Gasteiger partial charge in [-0.05, 0) is 74.8 Å². The number of pyridine rings is 1. The number of nitrogens with one attached hydrogen (secondary N) is 1. The molecule has 0 bridgehead atoms. The van der Waals surface area contributed by atoms with Crippen LogP contribution in [0, 0.1) is 31.1 Å². The Balaban J connectivity index is 1.77. The predicted molar refractivity (Wildman–Crippen MR) is 110 cm³/mol. The van der Waals surface area contributed by atoms with Crippen molar-refractivity contribution >= 4 is 23.4 Å². The summed E-state index contributed by atoms with van der Waals surface area (Å²) in [6.07, 6.45) is 3.04. The lowest BCUT2D eigenvalue weighted by Crippen LogP contribution is -2.23. The molecule has 1 aliphatic carbocycles. The van der Waals surface area contributed by atoms with E-state index in [1.807, 2.05) is 45.0 Å². The first-order valence-electron chi connectivity index (χ1n) is 9.35. The molecule has 1 heterocycles. The third-order valence-electron chi connectivity index (χ3n) is 5.03. The van der Waals surface area contributed by atoms with Crippen molar-refractivity contribution in [1.29, 1.82) is 5.26 Å². The Hall–Kier alpha value is -2.32. The standard InChI is InChI=1S/C22H25N3OS/c1-13-6-8-19-17(9-13)11-18(12-23)22(25-19)27-16(4)21(26)24-20-10-14(2)5-7-15(20)3/h5,7,10-11,13,16H,6,8-9H2,1-4H3,(H,24,26). The number of benzene rings is 1. The molecule has 27 heavy (non-hydrogen) atoms. The molecule has 5 heteroatoms. The smallest absolute Gasteiger partial charge is 0.237 e. The first kappa shape index (κ1) is 19.4. The summed E-state index contributed by atoms with van der Waals surface area (Å²) in [7, 11) is 0. The van der Waals surface area contributed by atoms with E-state index in [4.69, 9.17) is 4.98 Å². The maximum absolute atomic E-state index is 12.7. The number of anilines is 1. The molecule has 0 radical (unpaired) electrons. The number of rotatable bonds is 4. The number of aromatic nitrogens is 1. The third kappa shape index (κ3) is 4.51. The number of amides is 1. The molecule has 1 amide bonds. The summed E-state index contributed by atoms with van der Waals surface area (Å²) in [4.78, 5) is 17.4. The number of hydrogen-bond acceptors (Lipinski definition) is 4. The van der Waals surface area contributed by atoms with Crippen LogP contribution in [0.5, 0.6) is 0 Å². The Morgan fingerprint density at radius 1 is 1.37 bits per heavy atom. The molecule has 0 saturated heterocycles. The molecule has 1 N–H and O–H groups in total. The lowest BCUT2D eigenvalue weighted by Gasteiger charge is -2.22. The van der Waals surface area contributed by atoms with Crippen molar-refractivity contribution in [2.45, 2.75) is 57.2 Å². The van der Waals surface area contributed by atoms with Gasteiger partial charge in [-0.2, -0.15) is 5.26 Å². The minimum absolute atomic E-state index is 0.0780. The second-order valence-corrected chi connectivity index (χ2v) is 8.80. The van der Waals surface area contributed by atoms with Gasteiger partial charge in [-0.25, -0.2) is 4.98 Å². The van der Waals surface area contributed by atoms with Crippen LogP contribution in [0.25, 0.3) is 0 Å². The monoisotopic (exact) mass is 379 g/mol. The topological polar surface area (TPSA) is 65.8 Å². The van der Waals surface area contributed by atoms with E-state index < -0.39 is 0 Å². The molecule has 0 aliphatic heterocycles. The van der Waals surface area contributed by atoms with E-state index in [-0.39, 0.29) is 11.2 Å². The first-order valence-corrected chi connectivity index (χ1v) is 10.2. The molecule has 0 fully saturated rings. The van der Waals surface area contributed by atoms with Gasteiger partial charge in [0.05, 0.1) is 10.8 Å². The molecule has 2 aromatic rings. The molecular formula is C22H25N3OS. The number of thioether (sulfide) groups is 1. The Labute approximate surface area is 165 Å². The summed E-state index contributed by atoms with van der Waals surface area (Å²) in [5.41, 5.74) is 5.80. The molecule has 1 aromatic heterocycles. The van der Waals surface area contributed by atoms with Gasteiger partial charge in [0.25, 0.3) is 0 Å². The van der Waals surface area contributed by atoms with Gasteiger partial charge in [0.1, 0.15) is 11.1 Å². The van der Waals surface area contributed by atoms with Gasteiger partial charge in [-0.3, -0.25) is 4.79 Å². The van der Waals surface area contributed by atoms with Crippen LogP contribution < -0.4 is 5.32 Å². The van der Waals surface area contributed by atoms with E-state index in [9.17, 15) is 10.1 Å². The van der Waals surface area contributed by atoms with Gasteiger partial charge in [-0.15, -0.1) is 0 Å². The summed E-state index contributed by atoms with van der Waals surface area (Å²) in [5.74, 6) is 0.553. The van der Waals surface area contributed by atoms with Gasteiger partial charge < -0.3 is 5.32 Å². The van der Waals surface area contributed by atoms with Crippen molar-refractivity contribution in [2.24, 2.45) is 5.92 Å². The van der Waals surface area contributed by atoms with Crippen LogP contribution in [-0.2, 0) is 17.6 Å². The van der Waals surface area contributed by atoms with Crippen LogP contribution in [0.15, 0.2) is 29.3 Å². The molecule has 0 spiro atoms. The lowest BCUT2D eigenvalue weighted by molar-refractivity contribution is -0.115. The van der Waals surface area contributed by atoms with Gasteiger partial charge in [-0.1, -0.05) is 30.8 Å². The third-order valence-corrected chi connectivity index (χ3v) is 6.13. The first-order chi connectivity index (χ1) is 12.9. The van der Waals surface area contributed by atoms with E-state index >= 15 is 0 Å². The summed E-state index contributed by atoms with van der Waals surface area (Å²) in [6.45, 7) is 8.07. The summed E-state index contributed by atoms with van der Waals surface area (Å²) >= 11 is 1.36. The molecule has 3 rings (SSSR count). The number of aryl methyl sites for hydroxylation is 3. The fourth-order valence-corrected chi connectivity index (χ4v) is 4.22. The zero-order chi connectivity index (χ0) is 19.6. The van der Waals surface area contributed by atoms with Crippen LogP contribution >= 0.6 is 11.8 Å². The molecule has 140 valence electrons. The van der Waals surface area contributed by atoms with Crippen LogP contribution in [0.2, 0.25) is 0 Å². The Morgan fingerprint density at radius 3 is 2.89 bits per heavy atom. The van der Waals surface area contributed by atoms with E-state index in [1.165, 1.54) is 17.3 Å². The van der Waals surface area contributed by atoms with Gasteiger partial charge in [0.2, 0.25) is 5.91 Å². The normalized spacial score (nSPS) is 16.9. The average molecular weight is 380 g/mol. The van der Waals surface area contributed by atoms with Crippen molar-refractivity contribution in [1.82, 2.24) is 4.98 Å². The molecular weight excluding hydrogens is 354 g/mol. The maximum atomic E-state index is 12.7. The fourth-order valence-electron chi connectivity index (χ4n) is 3.32. The minimum atomic E-state index is -0.343. The Bertz CT molecular complexity index is 917. The summed E-state index contributed by atoms with van der Waals surface area (Å²) < 4.78 is 0. The van der Waals surface area contributed by atoms with Crippen LogP contribution in [0.1, 0.15) is 48.2 Å². The largest absolute Gasteiger partial charge is 0.325 e. The maximum Gasteiger partial charge on any atom is 0.237 e. The average Bonchev–Trinajstić information content (AvgIpc) is 2.64. The van der Waals surface area contributed by atoms with Crippen molar-refractivity contribution in [3.63, 3.8) is 0 Å². The predicted octanol–water partition coefficient (Wildman–Crippen LogP) is 4.81. The van der Waals surface area contributed by atoms with Crippen LogP contribution in [0.3, 0.4) is 0 Å². The molecule has 4 nitrogen and oxygen atoms in total. The van der Waals surface area contributed by atoms with Gasteiger partial charge in [0, 0.05) is 11.4 Å². The number of hydrogen-bond donors (Lipinski definition) is 1. The number of carbonyl (C=O) groups excluding carboxylic acids is 1.